The number of amides is 1. The minimum Gasteiger partial charge on any atom is -0.507 e. The number of aliphatic hydroxyl groups is 1. The number of anilines is 1. The van der Waals surface area contributed by atoms with Crippen LogP contribution in [0.25, 0.3) is 5.76 Å². The van der Waals surface area contributed by atoms with Crippen molar-refractivity contribution in [1.82, 2.24) is 0 Å². The van der Waals surface area contributed by atoms with Gasteiger partial charge in [-0.1, -0.05) is 0 Å². The molecule has 0 radical (unpaired) electrons. The van der Waals surface area contributed by atoms with Crippen LogP contribution in [0.5, 0.6) is 0 Å². The second-order valence-electron chi connectivity index (χ2n) is 5.48. The summed E-state index contributed by atoms with van der Waals surface area (Å²) in [6.45, 7) is 6.58. The van der Waals surface area contributed by atoms with Gasteiger partial charge in [0.15, 0.2) is 0 Å². The number of carbonyl (C=O) groups excluding carboxylic acids is 1. The molecule has 0 saturated heterocycles. The van der Waals surface area contributed by atoms with Crippen LogP contribution in [0.15, 0.2) is 29.8 Å². The molecule has 0 aliphatic carbocycles. The summed E-state index contributed by atoms with van der Waals surface area (Å²) in [5.41, 5.74) is 0.0881. The molecule has 0 fully saturated rings. The molecule has 0 aliphatic rings. The van der Waals surface area contributed by atoms with Crippen LogP contribution in [-0.2, 0) is 9.53 Å². The Morgan fingerprint density at radius 2 is 1.62 bits per heavy atom. The highest BCUT2D eigenvalue weighted by Gasteiger charge is 2.16. The maximum atomic E-state index is 11.6. The molecule has 6 heteroatoms. The molecule has 1 amide bonds. The van der Waals surface area contributed by atoms with Gasteiger partial charge in [-0.3, -0.25) is 5.32 Å². The molecule has 0 saturated carbocycles. The van der Waals surface area contributed by atoms with E-state index in [4.69, 9.17) is 9.84 Å². The molecule has 1 rings (SSSR count). The maximum absolute atomic E-state index is 11.6. The molecule has 0 aliphatic heterocycles. The minimum atomic E-state index is -1.19. The van der Waals surface area contributed by atoms with E-state index in [-0.39, 0.29) is 11.3 Å². The zero-order chi connectivity index (χ0) is 16.2. The summed E-state index contributed by atoms with van der Waals surface area (Å²) in [5.74, 6) is -1.50. The molecular weight excluding hydrogens is 274 g/mol. The van der Waals surface area contributed by atoms with E-state index in [0.29, 0.717) is 11.3 Å². The molecule has 1 aromatic rings. The normalized spacial score (nSPS) is 12.4. The number of hydrogen-bond donors (Lipinski definition) is 3. The van der Waals surface area contributed by atoms with Gasteiger partial charge in [-0.05, 0) is 52.0 Å². The Morgan fingerprint density at radius 1 is 1.10 bits per heavy atom. The average molecular weight is 293 g/mol. The van der Waals surface area contributed by atoms with E-state index in [1.54, 1.807) is 32.9 Å². The van der Waals surface area contributed by atoms with Crippen molar-refractivity contribution < 1.29 is 24.5 Å². The number of carboxylic acid groups (broad SMARTS) is 1. The van der Waals surface area contributed by atoms with Crippen LogP contribution in [0.4, 0.5) is 10.5 Å². The Labute approximate surface area is 123 Å². The molecule has 3 N–H and O–H groups in total. The number of aliphatic hydroxyl groups excluding tert-OH is 1. The third kappa shape index (κ3) is 5.18. The lowest BCUT2D eigenvalue weighted by Crippen LogP contribution is -2.27. The van der Waals surface area contributed by atoms with Crippen molar-refractivity contribution in [2.45, 2.75) is 33.3 Å². The smallest absolute Gasteiger partial charge is 0.412 e. The van der Waals surface area contributed by atoms with Crippen LogP contribution in [-0.4, -0.2) is 27.9 Å². The van der Waals surface area contributed by atoms with Crippen molar-refractivity contribution in [3.8, 4) is 0 Å². The number of carboxylic acids is 1. The van der Waals surface area contributed by atoms with Gasteiger partial charge in [-0.25, -0.2) is 9.59 Å². The van der Waals surface area contributed by atoms with E-state index in [1.165, 1.54) is 19.1 Å². The Hall–Kier alpha value is -2.50. The highest BCUT2D eigenvalue weighted by molar-refractivity contribution is 5.94. The fourth-order valence-electron chi connectivity index (χ4n) is 1.45. The summed E-state index contributed by atoms with van der Waals surface area (Å²) in [4.78, 5) is 22.3. The van der Waals surface area contributed by atoms with Gasteiger partial charge in [0, 0.05) is 11.3 Å². The van der Waals surface area contributed by atoms with Crippen LogP contribution in [0, 0.1) is 0 Å². The van der Waals surface area contributed by atoms with E-state index in [9.17, 15) is 14.7 Å². The number of nitrogens with one attached hydrogen (secondary N) is 1. The standard InChI is InChI=1S/C15H19NO5/c1-9(13(18)19)12(17)10-5-7-11(8-6-10)16-14(20)21-15(2,3)4/h5-8,17H,1-4H3,(H,16,20)(H,18,19)/b12-9-. The third-order valence-electron chi connectivity index (χ3n) is 2.48. The van der Waals surface area contributed by atoms with Gasteiger partial charge < -0.3 is 14.9 Å². The van der Waals surface area contributed by atoms with Gasteiger partial charge in [0.05, 0.1) is 5.57 Å². The number of aliphatic carboxylic acids is 1. The third-order valence-corrected chi connectivity index (χ3v) is 2.48. The molecule has 0 unspecified atom stereocenters. The quantitative estimate of drug-likeness (QED) is 0.586. The van der Waals surface area contributed by atoms with Crippen LogP contribution >= 0.6 is 0 Å². The molecule has 1 aromatic carbocycles. The lowest BCUT2D eigenvalue weighted by molar-refractivity contribution is -0.132. The summed E-state index contributed by atoms with van der Waals surface area (Å²) in [6, 6.07) is 6.11. The van der Waals surface area contributed by atoms with E-state index in [1.807, 2.05) is 0 Å². The van der Waals surface area contributed by atoms with E-state index in [0.717, 1.165) is 0 Å². The highest BCUT2D eigenvalue weighted by atomic mass is 16.6. The number of hydrogen-bond acceptors (Lipinski definition) is 4. The Balaban J connectivity index is 2.82. The van der Waals surface area contributed by atoms with Crippen molar-refractivity contribution in [2.75, 3.05) is 5.32 Å². The minimum absolute atomic E-state index is 0.150. The number of rotatable bonds is 3. The topological polar surface area (TPSA) is 95.9 Å². The average Bonchev–Trinajstić information content (AvgIpc) is 2.35. The summed E-state index contributed by atoms with van der Waals surface area (Å²) >= 11 is 0. The number of benzene rings is 1. The molecular formula is C15H19NO5. The first-order valence-corrected chi connectivity index (χ1v) is 6.34. The van der Waals surface area contributed by atoms with Crippen LogP contribution in [0.2, 0.25) is 0 Å². The van der Waals surface area contributed by atoms with Gasteiger partial charge in [-0.2, -0.15) is 0 Å². The molecule has 0 atom stereocenters. The summed E-state index contributed by atoms with van der Waals surface area (Å²) in [7, 11) is 0. The summed E-state index contributed by atoms with van der Waals surface area (Å²) < 4.78 is 5.10. The first-order chi connectivity index (χ1) is 9.60. The second-order valence-corrected chi connectivity index (χ2v) is 5.48. The zero-order valence-electron chi connectivity index (χ0n) is 12.4. The van der Waals surface area contributed by atoms with Gasteiger partial charge in [0.2, 0.25) is 0 Å². The summed E-state index contributed by atoms with van der Waals surface area (Å²) in [5, 5.41) is 21.1. The van der Waals surface area contributed by atoms with Crippen molar-refractivity contribution >= 4 is 23.5 Å². The number of carbonyl (C=O) groups is 2. The van der Waals surface area contributed by atoms with Crippen molar-refractivity contribution in [3.63, 3.8) is 0 Å². The van der Waals surface area contributed by atoms with E-state index >= 15 is 0 Å². The van der Waals surface area contributed by atoms with Crippen LogP contribution in [0.1, 0.15) is 33.3 Å². The lowest BCUT2D eigenvalue weighted by atomic mass is 10.1. The fraction of sp³-hybridized carbons (Fsp3) is 0.333. The molecule has 0 aromatic heterocycles. The monoisotopic (exact) mass is 293 g/mol. The molecule has 0 bridgehead atoms. The summed E-state index contributed by atoms with van der Waals surface area (Å²) in [6.07, 6.45) is -0.586. The molecule has 0 heterocycles. The predicted octanol–water partition coefficient (Wildman–Crippen LogP) is 3.41. The Morgan fingerprint density at radius 3 is 2.05 bits per heavy atom. The molecule has 21 heavy (non-hydrogen) atoms. The number of ether oxygens (including phenoxy) is 1. The SMILES string of the molecule is C/C(C(=O)O)=C(/O)c1ccc(NC(=O)OC(C)(C)C)cc1. The Bertz CT molecular complexity index is 567. The van der Waals surface area contributed by atoms with Crippen LogP contribution in [0.3, 0.4) is 0 Å². The predicted molar refractivity (Wildman–Crippen MR) is 79.2 cm³/mol. The Kier molecular flexibility index (Phi) is 4.97. The molecule has 114 valence electrons. The lowest BCUT2D eigenvalue weighted by Gasteiger charge is -2.19. The highest BCUT2D eigenvalue weighted by Crippen LogP contribution is 2.19. The fourth-order valence-corrected chi connectivity index (χ4v) is 1.45. The van der Waals surface area contributed by atoms with Crippen LogP contribution < -0.4 is 5.32 Å². The van der Waals surface area contributed by atoms with Crippen molar-refractivity contribution in [1.29, 1.82) is 0 Å². The van der Waals surface area contributed by atoms with Crippen molar-refractivity contribution in [2.24, 2.45) is 0 Å². The largest absolute Gasteiger partial charge is 0.507 e. The first kappa shape index (κ1) is 16.6. The molecule has 0 spiro atoms. The van der Waals surface area contributed by atoms with E-state index in [2.05, 4.69) is 5.32 Å². The van der Waals surface area contributed by atoms with E-state index < -0.39 is 17.7 Å². The van der Waals surface area contributed by atoms with Gasteiger partial charge in [0.25, 0.3) is 0 Å². The first-order valence-electron chi connectivity index (χ1n) is 6.34. The molecule has 6 nitrogen and oxygen atoms in total. The van der Waals surface area contributed by atoms with Gasteiger partial charge in [0.1, 0.15) is 11.4 Å². The van der Waals surface area contributed by atoms with Crippen molar-refractivity contribution in [3.05, 3.63) is 35.4 Å². The maximum Gasteiger partial charge on any atom is 0.412 e. The van der Waals surface area contributed by atoms with Gasteiger partial charge in [-0.15, -0.1) is 0 Å². The second kappa shape index (κ2) is 6.30. The van der Waals surface area contributed by atoms with Gasteiger partial charge >= 0.3 is 12.1 Å². The zero-order valence-corrected chi connectivity index (χ0v) is 12.4.